The molecule has 1 atom stereocenters. The zero-order chi connectivity index (χ0) is 18.9. The largest absolute Gasteiger partial charge is 0.480 e. The molecule has 6 heteroatoms. The molecule has 2 aromatic rings. The van der Waals surface area contributed by atoms with Crippen molar-refractivity contribution in [2.24, 2.45) is 5.73 Å². The van der Waals surface area contributed by atoms with E-state index in [2.05, 4.69) is 5.32 Å². The summed E-state index contributed by atoms with van der Waals surface area (Å²) in [6.07, 6.45) is 1.56. The SMILES string of the molecule is N[C@H](CCCCNC(=O)c1ccccc1C(=O)c1ccccc1)C(=O)O. The predicted octanol–water partition coefficient (Wildman–Crippen LogP) is 2.23. The first-order valence-corrected chi connectivity index (χ1v) is 8.46. The fourth-order valence-electron chi connectivity index (χ4n) is 2.53. The van der Waals surface area contributed by atoms with Gasteiger partial charge in [-0.1, -0.05) is 48.5 Å². The zero-order valence-corrected chi connectivity index (χ0v) is 14.4. The highest BCUT2D eigenvalue weighted by atomic mass is 16.4. The molecular formula is C20H22N2O4. The summed E-state index contributed by atoms with van der Waals surface area (Å²) in [5, 5.41) is 11.5. The second kappa shape index (κ2) is 9.48. The van der Waals surface area contributed by atoms with E-state index in [9.17, 15) is 14.4 Å². The van der Waals surface area contributed by atoms with E-state index < -0.39 is 12.0 Å². The van der Waals surface area contributed by atoms with Crippen LogP contribution in [-0.2, 0) is 4.79 Å². The van der Waals surface area contributed by atoms with Gasteiger partial charge in [-0.15, -0.1) is 0 Å². The third-order valence-electron chi connectivity index (χ3n) is 4.00. The van der Waals surface area contributed by atoms with Crippen molar-refractivity contribution in [1.82, 2.24) is 5.32 Å². The van der Waals surface area contributed by atoms with E-state index in [4.69, 9.17) is 10.8 Å². The summed E-state index contributed by atoms with van der Waals surface area (Å²) < 4.78 is 0. The van der Waals surface area contributed by atoms with Gasteiger partial charge < -0.3 is 16.2 Å². The van der Waals surface area contributed by atoms with Gasteiger partial charge in [0.2, 0.25) is 0 Å². The Morgan fingerprint density at radius 1 is 0.923 bits per heavy atom. The van der Waals surface area contributed by atoms with Crippen molar-refractivity contribution in [3.63, 3.8) is 0 Å². The highest BCUT2D eigenvalue weighted by Crippen LogP contribution is 2.15. The summed E-state index contributed by atoms with van der Waals surface area (Å²) in [4.78, 5) is 35.7. The van der Waals surface area contributed by atoms with Gasteiger partial charge in [0, 0.05) is 17.7 Å². The fraction of sp³-hybridized carbons (Fsp3) is 0.250. The lowest BCUT2D eigenvalue weighted by atomic mass is 9.98. The minimum atomic E-state index is -1.03. The monoisotopic (exact) mass is 354 g/mol. The van der Waals surface area contributed by atoms with Gasteiger partial charge in [-0.25, -0.2) is 0 Å². The molecule has 26 heavy (non-hydrogen) atoms. The van der Waals surface area contributed by atoms with Crippen LogP contribution >= 0.6 is 0 Å². The van der Waals surface area contributed by atoms with Crippen molar-refractivity contribution in [2.75, 3.05) is 6.54 Å². The molecule has 136 valence electrons. The molecule has 0 saturated carbocycles. The number of nitrogens with two attached hydrogens (primary N) is 1. The smallest absolute Gasteiger partial charge is 0.320 e. The lowest BCUT2D eigenvalue weighted by Gasteiger charge is -2.10. The Kier molecular flexibility index (Phi) is 7.05. The van der Waals surface area contributed by atoms with Crippen molar-refractivity contribution in [3.8, 4) is 0 Å². The number of amides is 1. The number of rotatable bonds is 9. The lowest BCUT2D eigenvalue weighted by Crippen LogP contribution is -2.30. The van der Waals surface area contributed by atoms with Gasteiger partial charge in [-0.3, -0.25) is 14.4 Å². The Bertz CT molecular complexity index is 774. The number of ketones is 1. The maximum atomic E-state index is 12.6. The van der Waals surface area contributed by atoms with E-state index in [0.29, 0.717) is 42.5 Å². The van der Waals surface area contributed by atoms with Crippen LogP contribution in [0.2, 0.25) is 0 Å². The van der Waals surface area contributed by atoms with E-state index in [0.717, 1.165) is 0 Å². The number of carboxylic acids is 1. The standard InChI is InChI=1S/C20H22N2O4/c21-17(20(25)26)12-6-7-13-22-19(24)16-11-5-4-10-15(16)18(23)14-8-2-1-3-9-14/h1-5,8-11,17H,6-7,12-13,21H2,(H,22,24)(H,25,26)/t17-/m1/s1. The topological polar surface area (TPSA) is 109 Å². The van der Waals surface area contributed by atoms with Crippen molar-refractivity contribution >= 4 is 17.7 Å². The van der Waals surface area contributed by atoms with Crippen molar-refractivity contribution < 1.29 is 19.5 Å². The maximum Gasteiger partial charge on any atom is 0.320 e. The van der Waals surface area contributed by atoms with Gasteiger partial charge in [-0.2, -0.15) is 0 Å². The molecule has 2 rings (SSSR count). The Morgan fingerprint density at radius 2 is 1.54 bits per heavy atom. The first kappa shape index (κ1) is 19.3. The molecule has 2 aromatic carbocycles. The summed E-state index contributed by atoms with van der Waals surface area (Å²) in [5.41, 5.74) is 6.63. The molecule has 0 radical (unpaired) electrons. The Balaban J connectivity index is 1.95. The minimum absolute atomic E-state index is 0.205. The van der Waals surface area contributed by atoms with Crippen LogP contribution < -0.4 is 11.1 Å². The first-order chi connectivity index (χ1) is 12.5. The van der Waals surface area contributed by atoms with Crippen LogP contribution in [-0.4, -0.2) is 35.4 Å². The van der Waals surface area contributed by atoms with Crippen LogP contribution in [0.25, 0.3) is 0 Å². The molecule has 1 amide bonds. The molecule has 0 spiro atoms. The quantitative estimate of drug-likeness (QED) is 0.472. The number of hydrogen-bond donors (Lipinski definition) is 3. The molecule has 0 unspecified atom stereocenters. The minimum Gasteiger partial charge on any atom is -0.480 e. The summed E-state index contributed by atoms with van der Waals surface area (Å²) in [5.74, 6) is -1.56. The van der Waals surface area contributed by atoms with E-state index in [1.54, 1.807) is 48.5 Å². The van der Waals surface area contributed by atoms with Gasteiger partial charge in [0.1, 0.15) is 6.04 Å². The average molecular weight is 354 g/mol. The number of aliphatic carboxylic acids is 1. The van der Waals surface area contributed by atoms with Crippen molar-refractivity contribution in [2.45, 2.75) is 25.3 Å². The van der Waals surface area contributed by atoms with E-state index in [-0.39, 0.29) is 11.7 Å². The number of carboxylic acid groups (broad SMARTS) is 1. The molecule has 0 aliphatic rings. The van der Waals surface area contributed by atoms with Gasteiger partial charge >= 0.3 is 5.97 Å². The molecule has 0 heterocycles. The van der Waals surface area contributed by atoms with Gasteiger partial charge in [0.25, 0.3) is 5.91 Å². The second-order valence-electron chi connectivity index (χ2n) is 5.94. The maximum absolute atomic E-state index is 12.6. The third kappa shape index (κ3) is 5.26. The Hall–Kier alpha value is -2.99. The summed E-state index contributed by atoms with van der Waals surface area (Å²) in [6.45, 7) is 0.388. The number of benzene rings is 2. The molecule has 6 nitrogen and oxygen atoms in total. The van der Waals surface area contributed by atoms with Crippen LogP contribution in [0.15, 0.2) is 54.6 Å². The van der Waals surface area contributed by atoms with E-state index in [1.807, 2.05) is 6.07 Å². The molecule has 0 aliphatic heterocycles. The second-order valence-corrected chi connectivity index (χ2v) is 5.94. The van der Waals surface area contributed by atoms with Crippen LogP contribution in [0.5, 0.6) is 0 Å². The van der Waals surface area contributed by atoms with E-state index >= 15 is 0 Å². The molecule has 0 bridgehead atoms. The predicted molar refractivity (Wildman–Crippen MR) is 98.1 cm³/mol. The molecular weight excluding hydrogens is 332 g/mol. The lowest BCUT2D eigenvalue weighted by molar-refractivity contribution is -0.138. The van der Waals surface area contributed by atoms with Crippen LogP contribution in [0.4, 0.5) is 0 Å². The molecule has 0 fully saturated rings. The van der Waals surface area contributed by atoms with Gasteiger partial charge in [-0.05, 0) is 25.3 Å². The number of unbranched alkanes of at least 4 members (excludes halogenated alkanes) is 1. The van der Waals surface area contributed by atoms with Gasteiger partial charge in [0.15, 0.2) is 5.78 Å². The van der Waals surface area contributed by atoms with Crippen molar-refractivity contribution in [3.05, 3.63) is 71.3 Å². The Morgan fingerprint density at radius 3 is 2.19 bits per heavy atom. The van der Waals surface area contributed by atoms with Crippen LogP contribution in [0, 0.1) is 0 Å². The third-order valence-corrected chi connectivity index (χ3v) is 4.00. The molecule has 4 N–H and O–H groups in total. The Labute approximate surface area is 152 Å². The molecule has 0 saturated heterocycles. The normalized spacial score (nSPS) is 11.6. The molecule has 0 aliphatic carbocycles. The van der Waals surface area contributed by atoms with Crippen molar-refractivity contribution in [1.29, 1.82) is 0 Å². The van der Waals surface area contributed by atoms with Gasteiger partial charge in [0.05, 0.1) is 5.56 Å². The summed E-state index contributed by atoms with van der Waals surface area (Å²) in [6, 6.07) is 14.6. The fourth-order valence-corrected chi connectivity index (χ4v) is 2.53. The molecule has 0 aromatic heterocycles. The number of carbonyl (C=O) groups excluding carboxylic acids is 2. The van der Waals surface area contributed by atoms with Crippen LogP contribution in [0.1, 0.15) is 45.5 Å². The highest BCUT2D eigenvalue weighted by molar-refractivity contribution is 6.15. The number of hydrogen-bond acceptors (Lipinski definition) is 4. The summed E-state index contributed by atoms with van der Waals surface area (Å²) >= 11 is 0. The van der Waals surface area contributed by atoms with Crippen LogP contribution in [0.3, 0.4) is 0 Å². The zero-order valence-electron chi connectivity index (χ0n) is 14.4. The first-order valence-electron chi connectivity index (χ1n) is 8.46. The number of carbonyl (C=O) groups is 3. The number of nitrogens with one attached hydrogen (secondary N) is 1. The summed E-state index contributed by atoms with van der Waals surface area (Å²) in [7, 11) is 0. The average Bonchev–Trinajstić information content (AvgIpc) is 2.67. The van der Waals surface area contributed by atoms with E-state index in [1.165, 1.54) is 0 Å². The highest BCUT2D eigenvalue weighted by Gasteiger charge is 2.17.